The standard InChI is InChI=1S/C12H13NO/c13-12(14)8-4-7-11(9-12)10-5-2-1-3-6-10/h1-8,14H,9,13H2. The molecule has 0 spiro atoms. The first kappa shape index (κ1) is 9.19. The molecule has 0 fully saturated rings. The van der Waals surface area contributed by atoms with Crippen LogP contribution in [0, 0.1) is 0 Å². The van der Waals surface area contributed by atoms with Crippen molar-refractivity contribution in [3.8, 4) is 0 Å². The van der Waals surface area contributed by atoms with Crippen LogP contribution in [0.3, 0.4) is 0 Å². The molecule has 1 aromatic rings. The lowest BCUT2D eigenvalue weighted by molar-refractivity contribution is 0.103. The third kappa shape index (κ3) is 1.92. The lowest BCUT2D eigenvalue weighted by Gasteiger charge is -2.23. The third-order valence-corrected chi connectivity index (χ3v) is 2.30. The Balaban J connectivity index is 2.30. The summed E-state index contributed by atoms with van der Waals surface area (Å²) in [6, 6.07) is 9.95. The van der Waals surface area contributed by atoms with E-state index in [9.17, 15) is 5.11 Å². The molecule has 14 heavy (non-hydrogen) atoms. The summed E-state index contributed by atoms with van der Waals surface area (Å²) in [5.41, 5.74) is 6.62. The Labute approximate surface area is 83.4 Å². The minimum absolute atomic E-state index is 0.466. The minimum atomic E-state index is -1.19. The van der Waals surface area contributed by atoms with Gasteiger partial charge in [-0.05, 0) is 17.2 Å². The zero-order valence-corrected chi connectivity index (χ0v) is 7.85. The Morgan fingerprint density at radius 2 is 1.93 bits per heavy atom. The molecule has 1 atom stereocenters. The van der Waals surface area contributed by atoms with Gasteiger partial charge in [0.25, 0.3) is 0 Å². The average molecular weight is 187 g/mol. The van der Waals surface area contributed by atoms with Crippen LogP contribution < -0.4 is 5.73 Å². The van der Waals surface area contributed by atoms with Crippen LogP contribution in [0.25, 0.3) is 5.57 Å². The van der Waals surface area contributed by atoms with Gasteiger partial charge < -0.3 is 10.8 Å². The molecule has 1 aliphatic rings. The van der Waals surface area contributed by atoms with Crippen LogP contribution in [-0.2, 0) is 0 Å². The lowest BCUT2D eigenvalue weighted by Crippen LogP contribution is -2.38. The highest BCUT2D eigenvalue weighted by atomic mass is 16.3. The molecule has 2 heteroatoms. The fourth-order valence-electron chi connectivity index (χ4n) is 1.60. The fraction of sp³-hybridized carbons (Fsp3) is 0.167. The second-order valence-electron chi connectivity index (χ2n) is 3.59. The van der Waals surface area contributed by atoms with Crippen LogP contribution in [0.1, 0.15) is 12.0 Å². The largest absolute Gasteiger partial charge is 0.372 e. The molecule has 0 radical (unpaired) electrons. The molecule has 1 aromatic carbocycles. The number of hydrogen-bond acceptors (Lipinski definition) is 2. The summed E-state index contributed by atoms with van der Waals surface area (Å²) in [6.45, 7) is 0. The highest BCUT2D eigenvalue weighted by molar-refractivity contribution is 5.69. The van der Waals surface area contributed by atoms with E-state index in [2.05, 4.69) is 0 Å². The molecule has 0 saturated carbocycles. The topological polar surface area (TPSA) is 46.2 Å². The zero-order chi connectivity index (χ0) is 10.0. The van der Waals surface area contributed by atoms with Crippen molar-refractivity contribution in [1.82, 2.24) is 0 Å². The van der Waals surface area contributed by atoms with Crippen molar-refractivity contribution in [3.63, 3.8) is 0 Å². The number of hydrogen-bond donors (Lipinski definition) is 2. The van der Waals surface area contributed by atoms with E-state index in [4.69, 9.17) is 5.73 Å². The Morgan fingerprint density at radius 1 is 1.21 bits per heavy atom. The number of nitrogens with two attached hydrogens (primary N) is 1. The molecule has 1 aliphatic carbocycles. The van der Waals surface area contributed by atoms with Gasteiger partial charge in [-0.15, -0.1) is 0 Å². The summed E-state index contributed by atoms with van der Waals surface area (Å²) in [6.07, 6.45) is 5.86. The molecule has 0 bridgehead atoms. The maximum Gasteiger partial charge on any atom is 0.137 e. The second kappa shape index (κ2) is 3.40. The van der Waals surface area contributed by atoms with E-state index in [-0.39, 0.29) is 0 Å². The summed E-state index contributed by atoms with van der Waals surface area (Å²) in [4.78, 5) is 0. The van der Waals surface area contributed by atoms with Crippen molar-refractivity contribution in [3.05, 3.63) is 54.1 Å². The number of benzene rings is 1. The van der Waals surface area contributed by atoms with Gasteiger partial charge in [0.2, 0.25) is 0 Å². The van der Waals surface area contributed by atoms with Crippen LogP contribution in [0.4, 0.5) is 0 Å². The van der Waals surface area contributed by atoms with E-state index in [1.807, 2.05) is 36.4 Å². The van der Waals surface area contributed by atoms with Gasteiger partial charge in [-0.25, -0.2) is 0 Å². The Hall–Kier alpha value is -1.38. The van der Waals surface area contributed by atoms with Crippen molar-refractivity contribution in [2.45, 2.75) is 12.1 Å². The molecule has 0 heterocycles. The van der Waals surface area contributed by atoms with Gasteiger partial charge in [0.1, 0.15) is 5.72 Å². The first-order valence-electron chi connectivity index (χ1n) is 4.62. The quantitative estimate of drug-likeness (QED) is 0.657. The summed E-state index contributed by atoms with van der Waals surface area (Å²) < 4.78 is 0. The lowest BCUT2D eigenvalue weighted by atomic mass is 9.92. The number of aliphatic hydroxyl groups is 1. The van der Waals surface area contributed by atoms with Crippen LogP contribution in [0.2, 0.25) is 0 Å². The molecule has 0 saturated heterocycles. The van der Waals surface area contributed by atoms with E-state index in [0.717, 1.165) is 11.1 Å². The predicted octanol–water partition coefficient (Wildman–Crippen LogP) is 1.68. The van der Waals surface area contributed by atoms with Crippen molar-refractivity contribution >= 4 is 5.57 Å². The van der Waals surface area contributed by atoms with Gasteiger partial charge in [0.05, 0.1) is 0 Å². The molecular formula is C12H13NO. The minimum Gasteiger partial charge on any atom is -0.372 e. The summed E-state index contributed by atoms with van der Waals surface area (Å²) >= 11 is 0. The third-order valence-electron chi connectivity index (χ3n) is 2.30. The van der Waals surface area contributed by atoms with Gasteiger partial charge in [-0.1, -0.05) is 42.5 Å². The Morgan fingerprint density at radius 3 is 2.57 bits per heavy atom. The van der Waals surface area contributed by atoms with Crippen molar-refractivity contribution < 1.29 is 5.11 Å². The normalized spacial score (nSPS) is 26.0. The predicted molar refractivity (Wildman–Crippen MR) is 57.3 cm³/mol. The highest BCUT2D eigenvalue weighted by Crippen LogP contribution is 2.26. The number of rotatable bonds is 1. The SMILES string of the molecule is NC1(O)C=CC=C(c2ccccc2)C1. The fourth-order valence-corrected chi connectivity index (χ4v) is 1.60. The Bertz CT molecular complexity index is 377. The van der Waals surface area contributed by atoms with E-state index < -0.39 is 5.72 Å². The van der Waals surface area contributed by atoms with Gasteiger partial charge >= 0.3 is 0 Å². The molecule has 1 unspecified atom stereocenters. The molecule has 2 nitrogen and oxygen atoms in total. The van der Waals surface area contributed by atoms with Gasteiger partial charge in [0.15, 0.2) is 0 Å². The van der Waals surface area contributed by atoms with E-state index in [0.29, 0.717) is 6.42 Å². The molecule has 72 valence electrons. The molecule has 2 rings (SSSR count). The van der Waals surface area contributed by atoms with Crippen molar-refractivity contribution in [1.29, 1.82) is 0 Å². The first-order chi connectivity index (χ1) is 6.67. The van der Waals surface area contributed by atoms with Gasteiger partial charge in [0, 0.05) is 6.42 Å². The van der Waals surface area contributed by atoms with Crippen LogP contribution in [-0.4, -0.2) is 10.8 Å². The smallest absolute Gasteiger partial charge is 0.137 e. The van der Waals surface area contributed by atoms with Crippen molar-refractivity contribution in [2.75, 3.05) is 0 Å². The summed E-state index contributed by atoms with van der Waals surface area (Å²) in [5.74, 6) is 0. The number of allylic oxidation sites excluding steroid dienone is 2. The molecular weight excluding hydrogens is 174 g/mol. The maximum atomic E-state index is 9.66. The average Bonchev–Trinajstić information content (AvgIpc) is 2.18. The molecule has 0 aromatic heterocycles. The molecule has 0 aliphatic heterocycles. The molecule has 0 amide bonds. The zero-order valence-electron chi connectivity index (χ0n) is 7.85. The second-order valence-corrected chi connectivity index (χ2v) is 3.59. The van der Waals surface area contributed by atoms with E-state index >= 15 is 0 Å². The van der Waals surface area contributed by atoms with Crippen LogP contribution in [0.5, 0.6) is 0 Å². The van der Waals surface area contributed by atoms with Gasteiger partial charge in [-0.2, -0.15) is 0 Å². The Kier molecular flexibility index (Phi) is 2.23. The van der Waals surface area contributed by atoms with E-state index in [1.54, 1.807) is 12.2 Å². The summed E-state index contributed by atoms with van der Waals surface area (Å²) in [5, 5.41) is 9.66. The maximum absolute atomic E-state index is 9.66. The van der Waals surface area contributed by atoms with Gasteiger partial charge in [-0.3, -0.25) is 0 Å². The van der Waals surface area contributed by atoms with Crippen LogP contribution >= 0.6 is 0 Å². The molecule has 3 N–H and O–H groups in total. The monoisotopic (exact) mass is 187 g/mol. The summed E-state index contributed by atoms with van der Waals surface area (Å²) in [7, 11) is 0. The van der Waals surface area contributed by atoms with Crippen molar-refractivity contribution in [2.24, 2.45) is 5.73 Å². The van der Waals surface area contributed by atoms with Crippen LogP contribution in [0.15, 0.2) is 48.6 Å². The highest BCUT2D eigenvalue weighted by Gasteiger charge is 2.21. The first-order valence-corrected chi connectivity index (χ1v) is 4.62. The van der Waals surface area contributed by atoms with E-state index in [1.165, 1.54) is 0 Å².